The molecular weight excluding hydrogens is 374 g/mol. The van der Waals surface area contributed by atoms with E-state index in [9.17, 15) is 19.2 Å². The summed E-state index contributed by atoms with van der Waals surface area (Å²) in [4.78, 5) is 56.0. The molecule has 0 bridgehead atoms. The van der Waals surface area contributed by atoms with Gasteiger partial charge in [0.2, 0.25) is 0 Å². The highest BCUT2D eigenvalue weighted by molar-refractivity contribution is 6.30. The number of aromatic nitrogens is 5. The van der Waals surface area contributed by atoms with Gasteiger partial charge in [0.15, 0.2) is 5.82 Å². The number of halogens is 1. The fraction of sp³-hybridized carbons (Fsp3) is 0.118. The first-order valence-electron chi connectivity index (χ1n) is 7.81. The quantitative estimate of drug-likeness (QED) is 0.471. The highest BCUT2D eigenvalue weighted by Crippen LogP contribution is 2.25. The Hall–Kier alpha value is -3.46. The number of aromatic amines is 1. The van der Waals surface area contributed by atoms with Crippen LogP contribution in [0.2, 0.25) is 5.02 Å². The summed E-state index contributed by atoms with van der Waals surface area (Å²) in [6.45, 7) is 0. The second-order valence-corrected chi connectivity index (χ2v) is 6.45. The fourth-order valence-corrected chi connectivity index (χ4v) is 3.04. The van der Waals surface area contributed by atoms with E-state index >= 15 is 0 Å². The fourth-order valence-electron chi connectivity index (χ4n) is 2.91. The Bertz CT molecular complexity index is 1410. The number of benzene rings is 1. The van der Waals surface area contributed by atoms with Crippen LogP contribution in [0.3, 0.4) is 0 Å². The zero-order valence-electron chi connectivity index (χ0n) is 14.2. The van der Waals surface area contributed by atoms with Gasteiger partial charge in [-0.3, -0.25) is 28.3 Å². The van der Waals surface area contributed by atoms with Crippen molar-refractivity contribution in [2.24, 2.45) is 14.1 Å². The average Bonchev–Trinajstić information content (AvgIpc) is 2.65. The van der Waals surface area contributed by atoms with E-state index in [1.165, 1.54) is 24.7 Å². The van der Waals surface area contributed by atoms with Crippen LogP contribution < -0.4 is 22.5 Å². The number of rotatable bonds is 1. The van der Waals surface area contributed by atoms with Gasteiger partial charge in [0.1, 0.15) is 5.65 Å². The molecule has 0 saturated heterocycles. The number of fused-ring (bicyclic) bond motifs is 2. The third-order valence-corrected chi connectivity index (χ3v) is 4.65. The van der Waals surface area contributed by atoms with E-state index in [2.05, 4.69) is 9.97 Å². The summed E-state index contributed by atoms with van der Waals surface area (Å²) in [5.41, 5.74) is -1.89. The first kappa shape index (κ1) is 17.0. The van der Waals surface area contributed by atoms with Crippen LogP contribution in [0.15, 0.2) is 49.5 Å². The van der Waals surface area contributed by atoms with E-state index in [-0.39, 0.29) is 22.4 Å². The van der Waals surface area contributed by atoms with E-state index in [1.54, 1.807) is 24.3 Å². The standard InChI is InChI=1S/C17H12ClN5O4/c1-21-14(24)10-7-11-13(20-17(27)22(2)15(11)25)23(12(10)19-16(21)26)9-5-3-8(18)4-6-9/h3-7H,1-2H3,(H,19,26). The van der Waals surface area contributed by atoms with Crippen molar-refractivity contribution in [2.75, 3.05) is 0 Å². The van der Waals surface area contributed by atoms with Crippen LogP contribution in [0.25, 0.3) is 28.1 Å². The molecule has 1 aromatic carbocycles. The number of H-pyrrole nitrogens is 1. The Morgan fingerprint density at radius 3 is 2.30 bits per heavy atom. The molecule has 0 fully saturated rings. The molecule has 4 rings (SSSR count). The highest BCUT2D eigenvalue weighted by Gasteiger charge is 2.22. The zero-order chi connectivity index (χ0) is 19.5. The first-order valence-corrected chi connectivity index (χ1v) is 8.19. The molecule has 2 aliphatic heterocycles. The van der Waals surface area contributed by atoms with Crippen molar-refractivity contribution in [2.45, 2.75) is 0 Å². The molecular formula is C17H12ClN5O4. The number of pyridine rings is 1. The lowest BCUT2D eigenvalue weighted by Gasteiger charge is -2.18. The van der Waals surface area contributed by atoms with Gasteiger partial charge in [0, 0.05) is 24.8 Å². The van der Waals surface area contributed by atoms with Crippen molar-refractivity contribution in [1.29, 1.82) is 0 Å². The summed E-state index contributed by atoms with van der Waals surface area (Å²) in [6.07, 6.45) is 0. The van der Waals surface area contributed by atoms with E-state index in [4.69, 9.17) is 11.6 Å². The van der Waals surface area contributed by atoms with E-state index in [1.807, 2.05) is 0 Å². The molecule has 2 aliphatic rings. The minimum absolute atomic E-state index is 0.0295. The summed E-state index contributed by atoms with van der Waals surface area (Å²) in [5.74, 6) is 0.0295. The van der Waals surface area contributed by atoms with Crippen LogP contribution in [-0.2, 0) is 14.1 Å². The van der Waals surface area contributed by atoms with Gasteiger partial charge < -0.3 is 0 Å². The second-order valence-electron chi connectivity index (χ2n) is 6.01. The van der Waals surface area contributed by atoms with Crippen molar-refractivity contribution >= 4 is 22.6 Å². The van der Waals surface area contributed by atoms with Gasteiger partial charge in [-0.2, -0.15) is 4.98 Å². The summed E-state index contributed by atoms with van der Waals surface area (Å²) < 4.78 is 3.16. The van der Waals surface area contributed by atoms with Crippen LogP contribution in [0.5, 0.6) is 0 Å². The molecule has 0 amide bonds. The lowest BCUT2D eigenvalue weighted by Crippen LogP contribution is -2.38. The van der Waals surface area contributed by atoms with E-state index < -0.39 is 22.5 Å². The van der Waals surface area contributed by atoms with Crippen LogP contribution in [0.4, 0.5) is 0 Å². The number of nitrogens with zero attached hydrogens (tertiary/aromatic N) is 4. The van der Waals surface area contributed by atoms with Crippen molar-refractivity contribution in [1.82, 2.24) is 23.7 Å². The smallest absolute Gasteiger partial charge is 0.292 e. The summed E-state index contributed by atoms with van der Waals surface area (Å²) in [6, 6.07) is 7.80. The third kappa shape index (κ3) is 2.43. The lowest BCUT2D eigenvalue weighted by molar-refractivity contribution is 0.759. The normalized spacial score (nSPS) is 11.4. The first-order chi connectivity index (χ1) is 12.8. The average molecular weight is 386 g/mol. The van der Waals surface area contributed by atoms with Gasteiger partial charge in [-0.15, -0.1) is 0 Å². The Labute approximate surface area is 155 Å². The van der Waals surface area contributed by atoms with Crippen LogP contribution in [0, 0.1) is 0 Å². The molecule has 3 heterocycles. The number of hydrogen-bond acceptors (Lipinski definition) is 5. The second kappa shape index (κ2) is 5.78. The van der Waals surface area contributed by atoms with Crippen molar-refractivity contribution in [3.63, 3.8) is 0 Å². The number of hydrogen-bond donors (Lipinski definition) is 1. The van der Waals surface area contributed by atoms with E-state index in [0.717, 1.165) is 9.13 Å². The Morgan fingerprint density at radius 2 is 1.63 bits per heavy atom. The zero-order valence-corrected chi connectivity index (χ0v) is 14.9. The van der Waals surface area contributed by atoms with Gasteiger partial charge in [0.05, 0.1) is 10.9 Å². The molecule has 0 radical (unpaired) electrons. The SMILES string of the molecule is Cn1c(=O)nc2n(-c3ccc(Cl)cc3)c3[nH]c(=O)n(C)c(=O)c3cc-2c1=O. The topological polar surface area (TPSA) is 112 Å². The Balaban J connectivity index is 2.35. The van der Waals surface area contributed by atoms with Crippen LogP contribution >= 0.6 is 11.6 Å². The van der Waals surface area contributed by atoms with Gasteiger partial charge in [-0.1, -0.05) is 11.6 Å². The molecule has 0 unspecified atom stereocenters. The third-order valence-electron chi connectivity index (χ3n) is 4.39. The summed E-state index contributed by atoms with van der Waals surface area (Å²) in [7, 11) is 2.63. The predicted molar refractivity (Wildman–Crippen MR) is 100 cm³/mol. The van der Waals surface area contributed by atoms with Crippen LogP contribution in [-0.4, -0.2) is 23.7 Å². The van der Waals surface area contributed by atoms with Gasteiger partial charge in [-0.25, -0.2) is 9.59 Å². The van der Waals surface area contributed by atoms with Crippen molar-refractivity contribution in [3.8, 4) is 17.1 Å². The maximum Gasteiger partial charge on any atom is 0.352 e. The molecule has 2 aromatic rings. The Kier molecular flexibility index (Phi) is 3.63. The maximum atomic E-state index is 12.6. The molecule has 136 valence electrons. The maximum absolute atomic E-state index is 12.6. The Morgan fingerprint density at radius 1 is 0.963 bits per heavy atom. The van der Waals surface area contributed by atoms with Crippen LogP contribution in [0.1, 0.15) is 0 Å². The van der Waals surface area contributed by atoms with Crippen molar-refractivity contribution in [3.05, 3.63) is 77.0 Å². The summed E-state index contributed by atoms with van der Waals surface area (Å²) >= 11 is 5.94. The molecule has 9 nitrogen and oxygen atoms in total. The lowest BCUT2D eigenvalue weighted by atomic mass is 10.1. The molecule has 0 spiro atoms. The predicted octanol–water partition coefficient (Wildman–Crippen LogP) is 0.230. The molecule has 27 heavy (non-hydrogen) atoms. The molecule has 1 N–H and O–H groups in total. The van der Waals surface area contributed by atoms with Crippen molar-refractivity contribution < 1.29 is 0 Å². The largest absolute Gasteiger partial charge is 0.352 e. The summed E-state index contributed by atoms with van der Waals surface area (Å²) in [5, 5.41) is 0.582. The minimum Gasteiger partial charge on any atom is -0.292 e. The van der Waals surface area contributed by atoms with Gasteiger partial charge in [0.25, 0.3) is 11.1 Å². The number of nitrogens with one attached hydrogen (secondary N) is 1. The molecule has 10 heteroatoms. The van der Waals surface area contributed by atoms with E-state index in [0.29, 0.717) is 10.7 Å². The molecule has 0 saturated carbocycles. The monoisotopic (exact) mass is 385 g/mol. The van der Waals surface area contributed by atoms with Gasteiger partial charge in [-0.05, 0) is 30.3 Å². The minimum atomic E-state index is -0.749. The molecule has 0 atom stereocenters. The molecule has 1 aromatic heterocycles. The van der Waals surface area contributed by atoms with Gasteiger partial charge >= 0.3 is 11.4 Å². The highest BCUT2D eigenvalue weighted by atomic mass is 35.5. The molecule has 0 aliphatic carbocycles.